The highest BCUT2D eigenvalue weighted by atomic mass is 32.2. The molecule has 0 aromatic heterocycles. The van der Waals surface area contributed by atoms with Crippen molar-refractivity contribution in [3.8, 4) is 0 Å². The van der Waals surface area contributed by atoms with Crippen molar-refractivity contribution in [2.45, 2.75) is 16.3 Å². The van der Waals surface area contributed by atoms with Gasteiger partial charge in [-0.1, -0.05) is 36.0 Å². The Bertz CT molecular complexity index is 533. The van der Waals surface area contributed by atoms with Gasteiger partial charge < -0.3 is 10.1 Å². The lowest BCUT2D eigenvalue weighted by molar-refractivity contribution is 0.199. The number of rotatable bonds is 7. The van der Waals surface area contributed by atoms with Gasteiger partial charge in [0, 0.05) is 35.6 Å². The van der Waals surface area contributed by atoms with E-state index in [4.69, 9.17) is 4.74 Å². The third kappa shape index (κ3) is 4.34. The quantitative estimate of drug-likeness (QED) is 0.786. The molecule has 4 heteroatoms. The molecule has 0 spiro atoms. The molecule has 2 aromatic carbocycles. The van der Waals surface area contributed by atoms with Crippen molar-refractivity contribution in [1.29, 1.82) is 0 Å². The second kappa shape index (κ2) is 8.04. The van der Waals surface area contributed by atoms with E-state index in [1.807, 2.05) is 36.4 Å². The highest BCUT2D eigenvalue weighted by Gasteiger charge is 2.09. The zero-order chi connectivity index (χ0) is 14.2. The Hall–Kier alpha value is -1.36. The standard InChI is InChI=1S/C16H18FNOS/c1-19-11-10-18-12-14-15(17)8-5-9-16(14)20-13-6-3-2-4-7-13/h2-9,18H,10-12H2,1H3. The van der Waals surface area contributed by atoms with E-state index in [1.54, 1.807) is 24.9 Å². The number of methoxy groups -OCH3 is 1. The SMILES string of the molecule is COCCNCc1c(F)cccc1Sc1ccccc1. The van der Waals surface area contributed by atoms with Crippen molar-refractivity contribution in [2.75, 3.05) is 20.3 Å². The first-order valence-corrected chi connectivity index (χ1v) is 7.33. The van der Waals surface area contributed by atoms with Crippen molar-refractivity contribution in [3.63, 3.8) is 0 Å². The zero-order valence-electron chi connectivity index (χ0n) is 11.4. The third-order valence-electron chi connectivity index (χ3n) is 2.83. The van der Waals surface area contributed by atoms with E-state index in [1.165, 1.54) is 6.07 Å². The van der Waals surface area contributed by atoms with Gasteiger partial charge in [0.25, 0.3) is 0 Å². The molecule has 0 fully saturated rings. The van der Waals surface area contributed by atoms with Crippen LogP contribution in [0.1, 0.15) is 5.56 Å². The van der Waals surface area contributed by atoms with Crippen LogP contribution in [0.4, 0.5) is 4.39 Å². The van der Waals surface area contributed by atoms with E-state index >= 15 is 0 Å². The fraction of sp³-hybridized carbons (Fsp3) is 0.250. The van der Waals surface area contributed by atoms with Crippen LogP contribution in [0.3, 0.4) is 0 Å². The molecule has 1 N–H and O–H groups in total. The fourth-order valence-electron chi connectivity index (χ4n) is 1.81. The summed E-state index contributed by atoms with van der Waals surface area (Å²) in [7, 11) is 1.65. The van der Waals surface area contributed by atoms with Gasteiger partial charge in [-0.05, 0) is 24.3 Å². The van der Waals surface area contributed by atoms with Crippen molar-refractivity contribution in [1.82, 2.24) is 5.32 Å². The maximum absolute atomic E-state index is 14.0. The summed E-state index contributed by atoms with van der Waals surface area (Å²) < 4.78 is 19.0. The van der Waals surface area contributed by atoms with Crippen LogP contribution in [-0.2, 0) is 11.3 Å². The number of hydrogen-bond acceptors (Lipinski definition) is 3. The van der Waals surface area contributed by atoms with Gasteiger partial charge in [-0.2, -0.15) is 0 Å². The summed E-state index contributed by atoms with van der Waals surface area (Å²) in [6.45, 7) is 1.83. The minimum absolute atomic E-state index is 0.171. The molecule has 0 saturated heterocycles. The van der Waals surface area contributed by atoms with E-state index in [0.29, 0.717) is 25.3 Å². The zero-order valence-corrected chi connectivity index (χ0v) is 12.3. The largest absolute Gasteiger partial charge is 0.383 e. The lowest BCUT2D eigenvalue weighted by atomic mass is 10.2. The molecule has 0 bridgehead atoms. The number of nitrogens with one attached hydrogen (secondary N) is 1. The van der Waals surface area contributed by atoms with Gasteiger partial charge >= 0.3 is 0 Å². The van der Waals surface area contributed by atoms with E-state index in [-0.39, 0.29) is 5.82 Å². The maximum atomic E-state index is 14.0. The van der Waals surface area contributed by atoms with Crippen LogP contribution >= 0.6 is 11.8 Å². The Labute approximate surface area is 123 Å². The predicted molar refractivity (Wildman–Crippen MR) is 80.5 cm³/mol. The van der Waals surface area contributed by atoms with E-state index < -0.39 is 0 Å². The summed E-state index contributed by atoms with van der Waals surface area (Å²) in [5, 5.41) is 3.19. The van der Waals surface area contributed by atoms with Crippen molar-refractivity contribution < 1.29 is 9.13 Å². The lowest BCUT2D eigenvalue weighted by Gasteiger charge is -2.11. The molecule has 2 nitrogen and oxygen atoms in total. The molecular weight excluding hydrogens is 273 g/mol. The lowest BCUT2D eigenvalue weighted by Crippen LogP contribution is -2.19. The first kappa shape index (κ1) is 15.0. The Morgan fingerprint density at radius 2 is 1.90 bits per heavy atom. The maximum Gasteiger partial charge on any atom is 0.128 e. The molecule has 106 valence electrons. The van der Waals surface area contributed by atoms with Gasteiger partial charge in [-0.3, -0.25) is 0 Å². The Balaban J connectivity index is 2.09. The van der Waals surface area contributed by atoms with Crippen LogP contribution in [0.25, 0.3) is 0 Å². The Kier molecular flexibility index (Phi) is 6.05. The van der Waals surface area contributed by atoms with Crippen molar-refractivity contribution >= 4 is 11.8 Å². The summed E-state index contributed by atoms with van der Waals surface area (Å²) in [5.41, 5.74) is 0.706. The molecule has 20 heavy (non-hydrogen) atoms. The monoisotopic (exact) mass is 291 g/mol. The highest BCUT2D eigenvalue weighted by Crippen LogP contribution is 2.31. The summed E-state index contributed by atoms with van der Waals surface area (Å²) in [6, 6.07) is 15.2. The first-order valence-electron chi connectivity index (χ1n) is 6.51. The molecule has 0 atom stereocenters. The normalized spacial score (nSPS) is 10.7. The van der Waals surface area contributed by atoms with Gasteiger partial charge in [-0.15, -0.1) is 0 Å². The molecule has 0 aliphatic heterocycles. The molecule has 0 heterocycles. The molecule has 0 saturated carbocycles. The van der Waals surface area contributed by atoms with Crippen LogP contribution in [0.2, 0.25) is 0 Å². The molecular formula is C16H18FNOS. The van der Waals surface area contributed by atoms with E-state index in [9.17, 15) is 4.39 Å². The summed E-state index contributed by atoms with van der Waals surface area (Å²) in [5.74, 6) is -0.171. The van der Waals surface area contributed by atoms with Crippen LogP contribution < -0.4 is 5.32 Å². The molecule has 0 aliphatic carbocycles. The predicted octanol–water partition coefficient (Wildman–Crippen LogP) is 3.71. The second-order valence-electron chi connectivity index (χ2n) is 4.30. The van der Waals surface area contributed by atoms with Gasteiger partial charge in [0.05, 0.1) is 6.61 Å². The Morgan fingerprint density at radius 1 is 1.10 bits per heavy atom. The van der Waals surface area contributed by atoms with Gasteiger partial charge in [0.1, 0.15) is 5.82 Å². The molecule has 0 aliphatic rings. The summed E-state index contributed by atoms with van der Waals surface area (Å²) in [6.07, 6.45) is 0. The number of ether oxygens (including phenoxy) is 1. The Morgan fingerprint density at radius 3 is 2.65 bits per heavy atom. The third-order valence-corrected chi connectivity index (χ3v) is 3.94. The van der Waals surface area contributed by atoms with Crippen molar-refractivity contribution in [2.24, 2.45) is 0 Å². The number of hydrogen-bond donors (Lipinski definition) is 1. The molecule has 0 unspecified atom stereocenters. The van der Waals surface area contributed by atoms with E-state index in [0.717, 1.165) is 9.79 Å². The van der Waals surface area contributed by atoms with Gasteiger partial charge in [0.2, 0.25) is 0 Å². The fourth-order valence-corrected chi connectivity index (χ4v) is 2.80. The molecule has 2 aromatic rings. The minimum Gasteiger partial charge on any atom is -0.383 e. The van der Waals surface area contributed by atoms with Crippen LogP contribution in [0.15, 0.2) is 58.3 Å². The number of benzene rings is 2. The minimum atomic E-state index is -0.171. The highest BCUT2D eigenvalue weighted by molar-refractivity contribution is 7.99. The van der Waals surface area contributed by atoms with Gasteiger partial charge in [0.15, 0.2) is 0 Å². The second-order valence-corrected chi connectivity index (χ2v) is 5.42. The molecule has 0 amide bonds. The smallest absolute Gasteiger partial charge is 0.128 e. The summed E-state index contributed by atoms with van der Waals surface area (Å²) in [4.78, 5) is 2.05. The average Bonchev–Trinajstić information content (AvgIpc) is 2.47. The molecule has 2 rings (SSSR count). The number of halogens is 1. The summed E-state index contributed by atoms with van der Waals surface area (Å²) >= 11 is 1.58. The van der Waals surface area contributed by atoms with E-state index in [2.05, 4.69) is 5.32 Å². The van der Waals surface area contributed by atoms with Crippen LogP contribution in [-0.4, -0.2) is 20.3 Å². The average molecular weight is 291 g/mol. The molecule has 0 radical (unpaired) electrons. The van der Waals surface area contributed by atoms with Crippen LogP contribution in [0, 0.1) is 5.82 Å². The van der Waals surface area contributed by atoms with Crippen LogP contribution in [0.5, 0.6) is 0 Å². The first-order chi connectivity index (χ1) is 9.81. The topological polar surface area (TPSA) is 21.3 Å². The van der Waals surface area contributed by atoms with Crippen molar-refractivity contribution in [3.05, 3.63) is 59.9 Å². The van der Waals surface area contributed by atoms with Gasteiger partial charge in [-0.25, -0.2) is 4.39 Å².